The SMILES string of the molecule is CNC(=O)c1ccc(N)c(C2CC2)c1. The van der Waals surface area contributed by atoms with Crippen molar-refractivity contribution in [2.45, 2.75) is 18.8 Å². The van der Waals surface area contributed by atoms with Gasteiger partial charge in [0.15, 0.2) is 0 Å². The Hall–Kier alpha value is -1.51. The molecule has 1 fully saturated rings. The van der Waals surface area contributed by atoms with E-state index < -0.39 is 0 Å². The fraction of sp³-hybridized carbons (Fsp3) is 0.364. The van der Waals surface area contributed by atoms with E-state index in [9.17, 15) is 4.79 Å². The van der Waals surface area contributed by atoms with E-state index in [1.807, 2.05) is 12.1 Å². The molecule has 74 valence electrons. The molecule has 0 spiro atoms. The van der Waals surface area contributed by atoms with E-state index in [0.29, 0.717) is 11.5 Å². The summed E-state index contributed by atoms with van der Waals surface area (Å²) in [6, 6.07) is 5.49. The van der Waals surface area contributed by atoms with Crippen LogP contribution in [0.4, 0.5) is 5.69 Å². The number of hydrogen-bond acceptors (Lipinski definition) is 2. The highest BCUT2D eigenvalue weighted by atomic mass is 16.1. The van der Waals surface area contributed by atoms with Crippen molar-refractivity contribution in [2.24, 2.45) is 0 Å². The van der Waals surface area contributed by atoms with Crippen LogP contribution in [0.2, 0.25) is 0 Å². The first-order valence-electron chi connectivity index (χ1n) is 4.84. The molecule has 0 radical (unpaired) electrons. The third kappa shape index (κ3) is 1.58. The van der Waals surface area contributed by atoms with Crippen LogP contribution in [0.3, 0.4) is 0 Å². The van der Waals surface area contributed by atoms with Crippen molar-refractivity contribution >= 4 is 11.6 Å². The van der Waals surface area contributed by atoms with Crippen molar-refractivity contribution in [3.05, 3.63) is 29.3 Å². The average Bonchev–Trinajstić information content (AvgIpc) is 3.01. The minimum absolute atomic E-state index is 0.0492. The molecular formula is C11H14N2O. The Kier molecular flexibility index (Phi) is 2.15. The first-order chi connectivity index (χ1) is 6.72. The Bertz CT molecular complexity index is 370. The molecule has 3 heteroatoms. The summed E-state index contributed by atoms with van der Waals surface area (Å²) in [4.78, 5) is 11.4. The van der Waals surface area contributed by atoms with E-state index in [1.165, 1.54) is 12.8 Å². The largest absolute Gasteiger partial charge is 0.398 e. The molecule has 0 aliphatic heterocycles. The third-order valence-electron chi connectivity index (χ3n) is 2.59. The normalized spacial score (nSPS) is 15.2. The standard InChI is InChI=1S/C11H14N2O/c1-13-11(14)8-4-5-10(12)9(6-8)7-2-3-7/h4-7H,2-3,12H2,1H3,(H,13,14). The number of nitrogens with two attached hydrogens (primary N) is 1. The van der Waals surface area contributed by atoms with Crippen LogP contribution in [-0.2, 0) is 0 Å². The lowest BCUT2D eigenvalue weighted by atomic mass is 10.0. The Morgan fingerprint density at radius 1 is 1.50 bits per heavy atom. The first kappa shape index (κ1) is 9.06. The molecule has 14 heavy (non-hydrogen) atoms. The molecule has 0 bridgehead atoms. The molecule has 1 aliphatic rings. The first-order valence-corrected chi connectivity index (χ1v) is 4.84. The lowest BCUT2D eigenvalue weighted by molar-refractivity contribution is 0.0963. The zero-order valence-electron chi connectivity index (χ0n) is 8.21. The van der Waals surface area contributed by atoms with Crippen molar-refractivity contribution in [1.82, 2.24) is 5.32 Å². The van der Waals surface area contributed by atoms with Gasteiger partial charge in [-0.05, 0) is 42.5 Å². The van der Waals surface area contributed by atoms with Crippen LogP contribution >= 0.6 is 0 Å². The fourth-order valence-corrected chi connectivity index (χ4v) is 1.61. The van der Waals surface area contributed by atoms with Crippen molar-refractivity contribution in [3.8, 4) is 0 Å². The van der Waals surface area contributed by atoms with E-state index >= 15 is 0 Å². The second kappa shape index (κ2) is 3.33. The molecule has 1 aliphatic carbocycles. The molecule has 0 saturated heterocycles. The maximum atomic E-state index is 11.4. The molecular weight excluding hydrogens is 176 g/mol. The fourth-order valence-electron chi connectivity index (χ4n) is 1.61. The van der Waals surface area contributed by atoms with Crippen LogP contribution in [0, 0.1) is 0 Å². The minimum atomic E-state index is -0.0492. The van der Waals surface area contributed by atoms with E-state index in [1.54, 1.807) is 13.1 Å². The van der Waals surface area contributed by atoms with Crippen LogP contribution in [0.1, 0.15) is 34.7 Å². The number of carbonyl (C=O) groups excluding carboxylic acids is 1. The molecule has 0 aromatic heterocycles. The number of rotatable bonds is 2. The Labute approximate surface area is 83.3 Å². The van der Waals surface area contributed by atoms with E-state index in [0.717, 1.165) is 11.3 Å². The van der Waals surface area contributed by atoms with E-state index in [2.05, 4.69) is 5.32 Å². The summed E-state index contributed by atoms with van der Waals surface area (Å²) >= 11 is 0. The summed E-state index contributed by atoms with van der Waals surface area (Å²) in [5.74, 6) is 0.534. The number of hydrogen-bond donors (Lipinski definition) is 2. The summed E-state index contributed by atoms with van der Waals surface area (Å²) in [5.41, 5.74) is 8.47. The molecule has 1 aromatic rings. The molecule has 3 N–H and O–H groups in total. The maximum Gasteiger partial charge on any atom is 0.251 e. The molecule has 0 atom stereocenters. The summed E-state index contributed by atoms with van der Waals surface area (Å²) < 4.78 is 0. The quantitative estimate of drug-likeness (QED) is 0.694. The Morgan fingerprint density at radius 2 is 2.21 bits per heavy atom. The zero-order valence-corrected chi connectivity index (χ0v) is 8.21. The summed E-state index contributed by atoms with van der Waals surface area (Å²) in [6.45, 7) is 0. The highest BCUT2D eigenvalue weighted by Crippen LogP contribution is 2.42. The van der Waals surface area contributed by atoms with Crippen LogP contribution in [-0.4, -0.2) is 13.0 Å². The van der Waals surface area contributed by atoms with Gasteiger partial charge in [0.2, 0.25) is 0 Å². The van der Waals surface area contributed by atoms with Crippen molar-refractivity contribution in [1.29, 1.82) is 0 Å². The van der Waals surface area contributed by atoms with E-state index in [4.69, 9.17) is 5.73 Å². The number of amides is 1. The van der Waals surface area contributed by atoms with Gasteiger partial charge in [-0.3, -0.25) is 4.79 Å². The zero-order chi connectivity index (χ0) is 10.1. The van der Waals surface area contributed by atoms with Gasteiger partial charge >= 0.3 is 0 Å². The maximum absolute atomic E-state index is 11.4. The highest BCUT2D eigenvalue weighted by Gasteiger charge is 2.26. The predicted molar refractivity (Wildman–Crippen MR) is 56.2 cm³/mol. The molecule has 3 nitrogen and oxygen atoms in total. The number of benzene rings is 1. The van der Waals surface area contributed by atoms with Gasteiger partial charge in [0, 0.05) is 18.3 Å². The van der Waals surface area contributed by atoms with Crippen LogP contribution in [0.25, 0.3) is 0 Å². The lowest BCUT2D eigenvalue weighted by Crippen LogP contribution is -2.18. The van der Waals surface area contributed by atoms with Gasteiger partial charge in [0.25, 0.3) is 5.91 Å². The van der Waals surface area contributed by atoms with Gasteiger partial charge in [-0.2, -0.15) is 0 Å². The van der Waals surface area contributed by atoms with Gasteiger partial charge < -0.3 is 11.1 Å². The topological polar surface area (TPSA) is 55.1 Å². The number of nitrogens with one attached hydrogen (secondary N) is 1. The Balaban J connectivity index is 2.35. The molecule has 0 heterocycles. The smallest absolute Gasteiger partial charge is 0.251 e. The third-order valence-corrected chi connectivity index (χ3v) is 2.59. The van der Waals surface area contributed by atoms with Gasteiger partial charge in [-0.1, -0.05) is 0 Å². The summed E-state index contributed by atoms with van der Waals surface area (Å²) in [7, 11) is 1.63. The molecule has 1 aromatic carbocycles. The van der Waals surface area contributed by atoms with Crippen molar-refractivity contribution in [3.63, 3.8) is 0 Å². The van der Waals surface area contributed by atoms with Crippen LogP contribution in [0.15, 0.2) is 18.2 Å². The van der Waals surface area contributed by atoms with Crippen molar-refractivity contribution in [2.75, 3.05) is 12.8 Å². The lowest BCUT2D eigenvalue weighted by Gasteiger charge is -2.06. The van der Waals surface area contributed by atoms with Gasteiger partial charge in [0.05, 0.1) is 0 Å². The molecule has 1 saturated carbocycles. The molecule has 2 rings (SSSR count). The number of anilines is 1. The number of nitrogen functional groups attached to an aromatic ring is 1. The average molecular weight is 190 g/mol. The molecule has 0 unspecified atom stereocenters. The van der Waals surface area contributed by atoms with Crippen LogP contribution in [0.5, 0.6) is 0 Å². The Morgan fingerprint density at radius 3 is 2.79 bits per heavy atom. The highest BCUT2D eigenvalue weighted by molar-refractivity contribution is 5.94. The van der Waals surface area contributed by atoms with E-state index in [-0.39, 0.29) is 5.91 Å². The van der Waals surface area contributed by atoms with Crippen LogP contribution < -0.4 is 11.1 Å². The second-order valence-electron chi connectivity index (χ2n) is 3.70. The predicted octanol–water partition coefficient (Wildman–Crippen LogP) is 1.51. The van der Waals surface area contributed by atoms with Crippen molar-refractivity contribution < 1.29 is 4.79 Å². The molecule has 1 amide bonds. The monoisotopic (exact) mass is 190 g/mol. The minimum Gasteiger partial charge on any atom is -0.398 e. The summed E-state index contributed by atoms with van der Waals surface area (Å²) in [5, 5.41) is 2.61. The summed E-state index contributed by atoms with van der Waals surface area (Å²) in [6.07, 6.45) is 2.39. The van der Waals surface area contributed by atoms with Gasteiger partial charge in [-0.15, -0.1) is 0 Å². The second-order valence-corrected chi connectivity index (χ2v) is 3.70. The van der Waals surface area contributed by atoms with Gasteiger partial charge in [-0.25, -0.2) is 0 Å². The van der Waals surface area contributed by atoms with Gasteiger partial charge in [0.1, 0.15) is 0 Å². The number of carbonyl (C=O) groups is 1.